The van der Waals surface area contributed by atoms with Crippen molar-refractivity contribution in [1.82, 2.24) is 0 Å². The minimum absolute atomic E-state index is 0.0191. The van der Waals surface area contributed by atoms with Crippen molar-refractivity contribution >= 4 is 0 Å². The number of hydrogen-bond donors (Lipinski definition) is 2. The fourth-order valence-corrected chi connectivity index (χ4v) is 2.68. The molecule has 3 N–H and O–H groups in total. The van der Waals surface area contributed by atoms with Crippen LogP contribution in [0.1, 0.15) is 24.4 Å². The number of furan rings is 1. The highest BCUT2D eigenvalue weighted by molar-refractivity contribution is 5.58. The maximum atomic E-state index is 13.8. The van der Waals surface area contributed by atoms with Crippen LogP contribution in [0.2, 0.25) is 0 Å². The molecule has 3 rings (SSSR count). The van der Waals surface area contributed by atoms with Gasteiger partial charge in [0.15, 0.2) is 5.76 Å². The molecule has 2 aromatic carbocycles. The highest BCUT2D eigenvalue weighted by Crippen LogP contribution is 2.24. The van der Waals surface area contributed by atoms with E-state index in [1.807, 2.05) is 48.6 Å². The van der Waals surface area contributed by atoms with Gasteiger partial charge < -0.3 is 14.8 Å². The molecule has 0 bridgehead atoms. The molecule has 3 aromatic rings. The Morgan fingerprint density at radius 1 is 1.00 bits per heavy atom. The van der Waals surface area contributed by atoms with Crippen molar-refractivity contribution in [3.05, 3.63) is 83.9 Å². The minimum Gasteiger partial charge on any atom is -0.455 e. The SMILES string of the molecule is C[C@@H]([NH2+]Cc1ccc(-c2ccccc2F)o1)[C@H](O)c1ccccc1. The molecule has 24 heavy (non-hydrogen) atoms. The van der Waals surface area contributed by atoms with Crippen LogP contribution >= 0.6 is 0 Å². The second-order valence-electron chi connectivity index (χ2n) is 5.90. The predicted molar refractivity (Wildman–Crippen MR) is 90.6 cm³/mol. The second kappa shape index (κ2) is 7.43. The topological polar surface area (TPSA) is 50.0 Å². The summed E-state index contributed by atoms with van der Waals surface area (Å²) in [7, 11) is 0. The molecule has 0 aliphatic heterocycles. The van der Waals surface area contributed by atoms with E-state index in [0.29, 0.717) is 17.9 Å². The third-order valence-electron chi connectivity index (χ3n) is 4.13. The lowest BCUT2D eigenvalue weighted by Gasteiger charge is -2.17. The standard InChI is InChI=1S/C20H20FNO2/c1-14(20(23)15-7-3-2-4-8-15)22-13-16-11-12-19(24-16)17-9-5-6-10-18(17)21/h2-12,14,20,22-23H,13H2,1H3/p+1/t14-,20+/m1/s1. The molecule has 1 aromatic heterocycles. The summed E-state index contributed by atoms with van der Waals surface area (Å²) in [5.41, 5.74) is 1.36. The zero-order chi connectivity index (χ0) is 16.9. The molecular formula is C20H21FNO2+. The van der Waals surface area contributed by atoms with Gasteiger partial charge in [-0.15, -0.1) is 0 Å². The summed E-state index contributed by atoms with van der Waals surface area (Å²) in [5, 5.41) is 12.4. The summed E-state index contributed by atoms with van der Waals surface area (Å²) in [6.45, 7) is 2.55. The molecule has 3 nitrogen and oxygen atoms in total. The number of rotatable bonds is 6. The summed E-state index contributed by atoms with van der Waals surface area (Å²) in [6, 6.07) is 19.7. The van der Waals surface area contributed by atoms with Gasteiger partial charge in [-0.25, -0.2) is 4.39 Å². The van der Waals surface area contributed by atoms with E-state index in [1.54, 1.807) is 24.3 Å². The van der Waals surface area contributed by atoms with E-state index in [1.165, 1.54) is 6.07 Å². The average molecular weight is 326 g/mol. The van der Waals surface area contributed by atoms with Crippen LogP contribution in [-0.2, 0) is 6.54 Å². The maximum absolute atomic E-state index is 13.8. The molecular weight excluding hydrogens is 305 g/mol. The number of aliphatic hydroxyl groups excluding tert-OH is 1. The quantitative estimate of drug-likeness (QED) is 0.730. The van der Waals surface area contributed by atoms with Crippen LogP contribution in [0.5, 0.6) is 0 Å². The molecule has 0 spiro atoms. The zero-order valence-electron chi connectivity index (χ0n) is 13.5. The lowest BCUT2D eigenvalue weighted by molar-refractivity contribution is -0.710. The molecule has 0 radical (unpaired) electrons. The first-order valence-corrected chi connectivity index (χ1v) is 8.05. The molecule has 0 aliphatic rings. The summed E-state index contributed by atoms with van der Waals surface area (Å²) in [4.78, 5) is 0. The summed E-state index contributed by atoms with van der Waals surface area (Å²) < 4.78 is 19.5. The average Bonchev–Trinajstić information content (AvgIpc) is 3.09. The Morgan fingerprint density at radius 3 is 2.46 bits per heavy atom. The lowest BCUT2D eigenvalue weighted by atomic mass is 10.0. The zero-order valence-corrected chi connectivity index (χ0v) is 13.5. The Kier molecular flexibility index (Phi) is 5.08. The summed E-state index contributed by atoms with van der Waals surface area (Å²) >= 11 is 0. The Morgan fingerprint density at radius 2 is 1.71 bits per heavy atom. The van der Waals surface area contributed by atoms with Crippen molar-refractivity contribution in [2.75, 3.05) is 0 Å². The number of hydrogen-bond acceptors (Lipinski definition) is 2. The van der Waals surface area contributed by atoms with Crippen LogP contribution in [0.3, 0.4) is 0 Å². The van der Waals surface area contributed by atoms with Gasteiger partial charge in [0.2, 0.25) is 0 Å². The van der Waals surface area contributed by atoms with Crippen molar-refractivity contribution in [2.45, 2.75) is 25.6 Å². The number of quaternary nitrogens is 1. The maximum Gasteiger partial charge on any atom is 0.158 e. The number of nitrogens with two attached hydrogens (primary N) is 1. The van der Waals surface area contributed by atoms with Gasteiger partial charge >= 0.3 is 0 Å². The molecule has 0 fully saturated rings. The number of halogens is 1. The van der Waals surface area contributed by atoms with E-state index in [4.69, 9.17) is 4.42 Å². The number of aliphatic hydroxyl groups is 1. The monoisotopic (exact) mass is 326 g/mol. The van der Waals surface area contributed by atoms with Crippen molar-refractivity contribution in [3.63, 3.8) is 0 Å². The Bertz CT molecular complexity index is 785. The van der Waals surface area contributed by atoms with Gasteiger partial charge in [-0.2, -0.15) is 0 Å². The molecule has 1 heterocycles. The van der Waals surface area contributed by atoms with Gasteiger partial charge in [0, 0.05) is 0 Å². The van der Waals surface area contributed by atoms with Crippen LogP contribution in [0.15, 0.2) is 71.1 Å². The normalized spacial score (nSPS) is 13.6. The van der Waals surface area contributed by atoms with E-state index in [0.717, 1.165) is 11.3 Å². The van der Waals surface area contributed by atoms with Crippen LogP contribution in [0, 0.1) is 5.82 Å². The molecule has 0 aliphatic carbocycles. The first-order chi connectivity index (χ1) is 11.6. The van der Waals surface area contributed by atoms with Crippen LogP contribution in [0.4, 0.5) is 4.39 Å². The minimum atomic E-state index is -0.549. The van der Waals surface area contributed by atoms with E-state index in [9.17, 15) is 9.50 Å². The fraction of sp³-hybridized carbons (Fsp3) is 0.200. The first kappa shape index (κ1) is 16.4. The smallest absolute Gasteiger partial charge is 0.158 e. The molecule has 2 atom stereocenters. The van der Waals surface area contributed by atoms with Gasteiger partial charge in [0.05, 0.1) is 5.56 Å². The summed E-state index contributed by atoms with van der Waals surface area (Å²) in [6.07, 6.45) is -0.549. The predicted octanol–water partition coefficient (Wildman–Crippen LogP) is 3.27. The van der Waals surface area contributed by atoms with Crippen molar-refractivity contribution in [3.8, 4) is 11.3 Å². The van der Waals surface area contributed by atoms with Crippen molar-refractivity contribution in [2.24, 2.45) is 0 Å². The summed E-state index contributed by atoms with van der Waals surface area (Å²) in [5.74, 6) is 0.975. The largest absolute Gasteiger partial charge is 0.455 e. The van der Waals surface area contributed by atoms with Crippen LogP contribution in [0.25, 0.3) is 11.3 Å². The van der Waals surface area contributed by atoms with Crippen LogP contribution < -0.4 is 5.32 Å². The van der Waals surface area contributed by atoms with Gasteiger partial charge in [0.25, 0.3) is 0 Å². The first-order valence-electron chi connectivity index (χ1n) is 8.05. The molecule has 0 amide bonds. The Hall–Kier alpha value is -2.43. The van der Waals surface area contributed by atoms with Gasteiger partial charge in [-0.3, -0.25) is 0 Å². The van der Waals surface area contributed by atoms with E-state index in [2.05, 4.69) is 0 Å². The lowest BCUT2D eigenvalue weighted by Crippen LogP contribution is -2.88. The molecule has 0 unspecified atom stereocenters. The molecule has 124 valence electrons. The Balaban J connectivity index is 1.62. The molecule has 0 saturated heterocycles. The van der Waals surface area contributed by atoms with Gasteiger partial charge in [0.1, 0.15) is 30.3 Å². The third kappa shape index (κ3) is 3.72. The third-order valence-corrected chi connectivity index (χ3v) is 4.13. The molecule has 4 heteroatoms. The highest BCUT2D eigenvalue weighted by atomic mass is 19.1. The van der Waals surface area contributed by atoms with Crippen molar-refractivity contribution < 1.29 is 19.2 Å². The Labute approximate surface area is 140 Å². The van der Waals surface area contributed by atoms with E-state index in [-0.39, 0.29) is 11.9 Å². The van der Waals surface area contributed by atoms with Gasteiger partial charge in [-0.05, 0) is 36.8 Å². The van der Waals surface area contributed by atoms with E-state index >= 15 is 0 Å². The van der Waals surface area contributed by atoms with E-state index < -0.39 is 6.10 Å². The van der Waals surface area contributed by atoms with Gasteiger partial charge in [-0.1, -0.05) is 42.5 Å². The fourth-order valence-electron chi connectivity index (χ4n) is 2.68. The van der Waals surface area contributed by atoms with Crippen molar-refractivity contribution in [1.29, 1.82) is 0 Å². The number of benzene rings is 2. The molecule has 0 saturated carbocycles. The highest BCUT2D eigenvalue weighted by Gasteiger charge is 2.19. The second-order valence-corrected chi connectivity index (χ2v) is 5.90. The van der Waals surface area contributed by atoms with Crippen LogP contribution in [-0.4, -0.2) is 11.1 Å².